The maximum Gasteiger partial charge on any atom is 0.259 e. The lowest BCUT2D eigenvalue weighted by Gasteiger charge is -2.25. The Morgan fingerprint density at radius 3 is 3.13 bits per heavy atom. The molecule has 0 N–H and O–H groups in total. The van der Waals surface area contributed by atoms with Gasteiger partial charge < -0.3 is 18.8 Å². The highest BCUT2D eigenvalue weighted by atomic mass is 16.5. The number of fused-ring (bicyclic) bond motifs is 1. The van der Waals surface area contributed by atoms with Gasteiger partial charge in [-0.2, -0.15) is 0 Å². The van der Waals surface area contributed by atoms with Crippen LogP contribution in [0.4, 0.5) is 0 Å². The molecule has 0 unspecified atom stereocenters. The Morgan fingerprint density at radius 1 is 1.48 bits per heavy atom. The van der Waals surface area contributed by atoms with E-state index in [-0.39, 0.29) is 5.91 Å². The molecule has 3 rings (SSSR count). The average Bonchev–Trinajstić information content (AvgIpc) is 2.97. The fourth-order valence-corrected chi connectivity index (χ4v) is 2.59. The second kappa shape index (κ2) is 6.78. The van der Waals surface area contributed by atoms with Crippen molar-refractivity contribution in [2.75, 3.05) is 20.3 Å². The number of hydrogen-bond donors (Lipinski definition) is 0. The van der Waals surface area contributed by atoms with Gasteiger partial charge in [-0.15, -0.1) is 0 Å². The van der Waals surface area contributed by atoms with Gasteiger partial charge in [0.15, 0.2) is 0 Å². The number of oxazole rings is 1. The van der Waals surface area contributed by atoms with E-state index in [0.717, 1.165) is 11.5 Å². The molecule has 2 aromatic heterocycles. The molecule has 0 bridgehead atoms. The van der Waals surface area contributed by atoms with Crippen LogP contribution in [0.1, 0.15) is 34.6 Å². The van der Waals surface area contributed by atoms with Gasteiger partial charge in [-0.05, 0) is 19.1 Å². The van der Waals surface area contributed by atoms with Crippen LogP contribution in [0.2, 0.25) is 0 Å². The van der Waals surface area contributed by atoms with Crippen LogP contribution in [-0.4, -0.2) is 41.0 Å². The summed E-state index contributed by atoms with van der Waals surface area (Å²) < 4.78 is 16.1. The van der Waals surface area contributed by atoms with E-state index >= 15 is 0 Å². The zero-order valence-corrected chi connectivity index (χ0v) is 13.2. The summed E-state index contributed by atoms with van der Waals surface area (Å²) in [5, 5.41) is 0. The van der Waals surface area contributed by atoms with Gasteiger partial charge in [0.25, 0.3) is 5.91 Å². The van der Waals surface area contributed by atoms with Gasteiger partial charge in [0.05, 0.1) is 13.2 Å². The van der Waals surface area contributed by atoms with Gasteiger partial charge in [-0.1, -0.05) is 0 Å². The van der Waals surface area contributed by atoms with Crippen molar-refractivity contribution < 1.29 is 18.7 Å². The Balaban J connectivity index is 1.79. The Hall–Kier alpha value is -2.41. The van der Waals surface area contributed by atoms with Gasteiger partial charge in [-0.3, -0.25) is 4.79 Å². The van der Waals surface area contributed by atoms with Crippen LogP contribution in [0, 0.1) is 0 Å². The number of pyridine rings is 1. The Kier molecular flexibility index (Phi) is 4.57. The molecule has 0 saturated carbocycles. The molecule has 23 heavy (non-hydrogen) atoms. The molecule has 0 fully saturated rings. The number of amides is 1. The molecule has 0 atom stereocenters. The second-order valence-corrected chi connectivity index (χ2v) is 5.18. The Morgan fingerprint density at radius 2 is 2.35 bits per heavy atom. The van der Waals surface area contributed by atoms with E-state index in [1.807, 2.05) is 6.92 Å². The van der Waals surface area contributed by atoms with Crippen molar-refractivity contribution in [2.24, 2.45) is 0 Å². The highest BCUT2D eigenvalue weighted by Crippen LogP contribution is 2.24. The first-order valence-corrected chi connectivity index (χ1v) is 7.56. The van der Waals surface area contributed by atoms with Crippen molar-refractivity contribution in [1.82, 2.24) is 14.9 Å². The van der Waals surface area contributed by atoms with Crippen LogP contribution in [0.15, 0.2) is 22.7 Å². The van der Waals surface area contributed by atoms with E-state index in [1.165, 1.54) is 0 Å². The quantitative estimate of drug-likeness (QED) is 0.837. The predicted octanol–water partition coefficient (Wildman–Crippen LogP) is 1.81. The van der Waals surface area contributed by atoms with Crippen LogP contribution >= 0.6 is 0 Å². The van der Waals surface area contributed by atoms with Crippen molar-refractivity contribution in [3.05, 3.63) is 41.2 Å². The van der Waals surface area contributed by atoms with Gasteiger partial charge in [0, 0.05) is 26.3 Å². The van der Waals surface area contributed by atoms with E-state index in [0.29, 0.717) is 50.1 Å². The third-order valence-electron chi connectivity index (χ3n) is 3.61. The topological polar surface area (TPSA) is 77.7 Å². The summed E-state index contributed by atoms with van der Waals surface area (Å²) in [6.45, 7) is 3.65. The van der Waals surface area contributed by atoms with Gasteiger partial charge >= 0.3 is 0 Å². The zero-order valence-electron chi connectivity index (χ0n) is 13.2. The van der Waals surface area contributed by atoms with Crippen molar-refractivity contribution in [3.8, 4) is 5.88 Å². The molecule has 122 valence electrons. The minimum absolute atomic E-state index is 0.108. The molecule has 1 amide bonds. The number of aromatic nitrogens is 2. The van der Waals surface area contributed by atoms with E-state index < -0.39 is 0 Å². The third-order valence-corrected chi connectivity index (χ3v) is 3.61. The summed E-state index contributed by atoms with van der Waals surface area (Å²) in [6.07, 6.45) is 2.26. The first-order chi connectivity index (χ1) is 11.2. The maximum atomic E-state index is 12.8. The summed E-state index contributed by atoms with van der Waals surface area (Å²) in [4.78, 5) is 23.0. The monoisotopic (exact) mass is 317 g/mol. The zero-order chi connectivity index (χ0) is 16.2. The fraction of sp³-hybridized carbons (Fsp3) is 0.438. The van der Waals surface area contributed by atoms with E-state index in [4.69, 9.17) is 13.9 Å². The normalized spacial score (nSPS) is 13.7. The predicted molar refractivity (Wildman–Crippen MR) is 81.1 cm³/mol. The standard InChI is InChI=1S/C16H19N3O4/c1-3-22-15-11(5-4-7-17-15)16(20)19-8-6-13-12(9-19)18-14(23-13)10-21-2/h4-5,7H,3,6,8-10H2,1-2H3. The van der Waals surface area contributed by atoms with Gasteiger partial charge in [0.2, 0.25) is 11.8 Å². The highest BCUT2D eigenvalue weighted by Gasteiger charge is 2.27. The molecule has 0 aromatic carbocycles. The van der Waals surface area contributed by atoms with Crippen molar-refractivity contribution in [2.45, 2.75) is 26.5 Å². The molecule has 0 radical (unpaired) electrons. The summed E-state index contributed by atoms with van der Waals surface area (Å²) in [7, 11) is 1.59. The fourth-order valence-electron chi connectivity index (χ4n) is 2.59. The molecule has 0 aliphatic carbocycles. The lowest BCUT2D eigenvalue weighted by molar-refractivity contribution is 0.0722. The smallest absolute Gasteiger partial charge is 0.259 e. The SMILES string of the molecule is CCOc1ncccc1C(=O)N1CCc2oc(COC)nc2C1. The van der Waals surface area contributed by atoms with E-state index in [2.05, 4.69) is 9.97 Å². The first-order valence-electron chi connectivity index (χ1n) is 7.56. The molecule has 1 aliphatic rings. The number of rotatable bonds is 5. The maximum absolute atomic E-state index is 12.8. The summed E-state index contributed by atoms with van der Waals surface area (Å²) in [5.74, 6) is 1.63. The number of ether oxygens (including phenoxy) is 2. The Labute approximate surface area is 134 Å². The molecule has 3 heterocycles. The van der Waals surface area contributed by atoms with Crippen LogP contribution in [-0.2, 0) is 24.3 Å². The number of hydrogen-bond acceptors (Lipinski definition) is 6. The molecular formula is C16H19N3O4. The third kappa shape index (κ3) is 3.19. The van der Waals surface area contributed by atoms with Crippen LogP contribution in [0.5, 0.6) is 5.88 Å². The number of carbonyl (C=O) groups is 1. The van der Waals surface area contributed by atoms with Crippen molar-refractivity contribution in [3.63, 3.8) is 0 Å². The molecule has 1 aliphatic heterocycles. The minimum Gasteiger partial charge on any atom is -0.477 e. The molecule has 2 aromatic rings. The largest absolute Gasteiger partial charge is 0.477 e. The lowest BCUT2D eigenvalue weighted by Crippen LogP contribution is -2.36. The van der Waals surface area contributed by atoms with Crippen LogP contribution in [0.3, 0.4) is 0 Å². The molecule has 7 heteroatoms. The number of nitrogens with zero attached hydrogens (tertiary/aromatic N) is 3. The van der Waals surface area contributed by atoms with Crippen LogP contribution < -0.4 is 4.74 Å². The van der Waals surface area contributed by atoms with Crippen molar-refractivity contribution in [1.29, 1.82) is 0 Å². The molecule has 0 spiro atoms. The molecule has 0 saturated heterocycles. The second-order valence-electron chi connectivity index (χ2n) is 5.18. The van der Waals surface area contributed by atoms with Gasteiger partial charge in [0.1, 0.15) is 23.6 Å². The summed E-state index contributed by atoms with van der Waals surface area (Å²) >= 11 is 0. The summed E-state index contributed by atoms with van der Waals surface area (Å²) in [5.41, 5.74) is 1.26. The van der Waals surface area contributed by atoms with E-state index in [9.17, 15) is 4.79 Å². The average molecular weight is 317 g/mol. The number of methoxy groups -OCH3 is 1. The lowest BCUT2D eigenvalue weighted by atomic mass is 10.1. The molecular weight excluding hydrogens is 298 g/mol. The van der Waals surface area contributed by atoms with E-state index in [1.54, 1.807) is 30.3 Å². The van der Waals surface area contributed by atoms with Crippen molar-refractivity contribution >= 4 is 5.91 Å². The molecule has 7 nitrogen and oxygen atoms in total. The van der Waals surface area contributed by atoms with Gasteiger partial charge in [-0.25, -0.2) is 9.97 Å². The Bertz CT molecular complexity index is 698. The minimum atomic E-state index is -0.108. The highest BCUT2D eigenvalue weighted by molar-refractivity contribution is 5.96. The first kappa shape index (κ1) is 15.5. The number of carbonyl (C=O) groups excluding carboxylic acids is 1. The van der Waals surface area contributed by atoms with Crippen LogP contribution in [0.25, 0.3) is 0 Å². The summed E-state index contributed by atoms with van der Waals surface area (Å²) in [6, 6.07) is 3.47.